The Kier molecular flexibility index (Phi) is 10.1. The lowest BCUT2D eigenvalue weighted by atomic mass is 10.2. The van der Waals surface area contributed by atoms with E-state index in [4.69, 9.17) is 19.2 Å². The zero-order valence-electron chi connectivity index (χ0n) is 19.2. The third-order valence-electron chi connectivity index (χ3n) is 4.97. The maximum atomic E-state index is 5.88. The van der Waals surface area contributed by atoms with Crippen LogP contribution in [0.1, 0.15) is 25.8 Å². The second kappa shape index (κ2) is 13.5. The summed E-state index contributed by atoms with van der Waals surface area (Å²) in [4.78, 5) is 11.5. The number of benzene rings is 1. The van der Waals surface area contributed by atoms with E-state index in [0.717, 1.165) is 75.4 Å². The standard InChI is InChI=1S/C24H35N5O3/c1-3-25-24(27-11-5-13-29-14-16-30-17-15-29)28-19-20-10-12-26-23(18-20)32-22-8-6-21(7-9-22)31-4-2/h6-10,12,18H,3-5,11,13-17,19H2,1-2H3,(H2,25,27,28). The molecule has 0 bridgehead atoms. The van der Waals surface area contributed by atoms with Crippen LogP contribution in [-0.2, 0) is 11.3 Å². The Labute approximate surface area is 191 Å². The molecule has 0 spiro atoms. The largest absolute Gasteiger partial charge is 0.494 e. The van der Waals surface area contributed by atoms with E-state index in [-0.39, 0.29) is 0 Å². The highest BCUT2D eigenvalue weighted by Crippen LogP contribution is 2.23. The van der Waals surface area contributed by atoms with Crippen LogP contribution in [0.15, 0.2) is 47.6 Å². The zero-order chi connectivity index (χ0) is 22.4. The second-order valence-corrected chi connectivity index (χ2v) is 7.44. The SMILES string of the molecule is CCNC(=NCc1ccnc(Oc2ccc(OCC)cc2)c1)NCCCN1CCOCC1. The summed E-state index contributed by atoms with van der Waals surface area (Å²) in [6, 6.07) is 11.4. The highest BCUT2D eigenvalue weighted by Gasteiger charge is 2.09. The van der Waals surface area contributed by atoms with Crippen molar-refractivity contribution in [1.82, 2.24) is 20.5 Å². The van der Waals surface area contributed by atoms with Crippen LogP contribution in [0.4, 0.5) is 0 Å². The predicted molar refractivity (Wildman–Crippen MR) is 127 cm³/mol. The van der Waals surface area contributed by atoms with Crippen molar-refractivity contribution in [2.75, 3.05) is 52.5 Å². The van der Waals surface area contributed by atoms with Crippen molar-refractivity contribution in [1.29, 1.82) is 0 Å². The topological polar surface area (TPSA) is 80.2 Å². The minimum Gasteiger partial charge on any atom is -0.494 e. The van der Waals surface area contributed by atoms with E-state index in [1.54, 1.807) is 6.20 Å². The first-order valence-corrected chi connectivity index (χ1v) is 11.4. The van der Waals surface area contributed by atoms with Gasteiger partial charge in [0.15, 0.2) is 5.96 Å². The van der Waals surface area contributed by atoms with Gasteiger partial charge in [-0.15, -0.1) is 0 Å². The number of morpholine rings is 1. The molecule has 1 aromatic heterocycles. The summed E-state index contributed by atoms with van der Waals surface area (Å²) in [7, 11) is 0. The van der Waals surface area contributed by atoms with E-state index in [0.29, 0.717) is 19.0 Å². The van der Waals surface area contributed by atoms with Gasteiger partial charge in [0.1, 0.15) is 11.5 Å². The van der Waals surface area contributed by atoms with Crippen molar-refractivity contribution in [3.8, 4) is 17.4 Å². The van der Waals surface area contributed by atoms with Crippen LogP contribution in [0.25, 0.3) is 0 Å². The minimum absolute atomic E-state index is 0.543. The van der Waals surface area contributed by atoms with E-state index in [9.17, 15) is 0 Å². The predicted octanol–water partition coefficient (Wildman–Crippen LogP) is 3.05. The summed E-state index contributed by atoms with van der Waals surface area (Å²) >= 11 is 0. The first-order valence-electron chi connectivity index (χ1n) is 11.4. The molecule has 2 N–H and O–H groups in total. The van der Waals surface area contributed by atoms with Gasteiger partial charge in [-0.05, 0) is 62.7 Å². The van der Waals surface area contributed by atoms with Gasteiger partial charge in [0.05, 0.1) is 26.4 Å². The molecule has 8 nitrogen and oxygen atoms in total. The monoisotopic (exact) mass is 441 g/mol. The average Bonchev–Trinajstić information content (AvgIpc) is 2.82. The van der Waals surface area contributed by atoms with E-state index in [2.05, 4.69) is 27.4 Å². The Morgan fingerprint density at radius 1 is 1.09 bits per heavy atom. The number of hydrogen-bond acceptors (Lipinski definition) is 6. The molecule has 1 fully saturated rings. The number of hydrogen-bond donors (Lipinski definition) is 2. The number of pyridine rings is 1. The van der Waals surface area contributed by atoms with E-state index < -0.39 is 0 Å². The molecule has 1 aromatic carbocycles. The van der Waals surface area contributed by atoms with E-state index >= 15 is 0 Å². The van der Waals surface area contributed by atoms with Gasteiger partial charge in [-0.2, -0.15) is 0 Å². The molecule has 0 radical (unpaired) electrons. The van der Waals surface area contributed by atoms with Crippen LogP contribution >= 0.6 is 0 Å². The van der Waals surface area contributed by atoms with Crippen molar-refractivity contribution in [2.45, 2.75) is 26.8 Å². The summed E-state index contributed by atoms with van der Waals surface area (Å²) in [6.07, 6.45) is 2.82. The molecular formula is C24H35N5O3. The Morgan fingerprint density at radius 3 is 2.62 bits per heavy atom. The quantitative estimate of drug-likeness (QED) is 0.315. The average molecular weight is 442 g/mol. The maximum absolute atomic E-state index is 5.88. The lowest BCUT2D eigenvalue weighted by molar-refractivity contribution is 0.0376. The van der Waals surface area contributed by atoms with Crippen LogP contribution in [0.3, 0.4) is 0 Å². The van der Waals surface area contributed by atoms with Crippen LogP contribution in [0, 0.1) is 0 Å². The summed E-state index contributed by atoms with van der Waals surface area (Å²) in [5.41, 5.74) is 1.03. The smallest absolute Gasteiger partial charge is 0.219 e. The molecule has 0 amide bonds. The van der Waals surface area contributed by atoms with Crippen LogP contribution in [0.5, 0.6) is 17.4 Å². The van der Waals surface area contributed by atoms with Gasteiger partial charge in [-0.1, -0.05) is 0 Å². The van der Waals surface area contributed by atoms with Crippen LogP contribution in [0.2, 0.25) is 0 Å². The summed E-state index contributed by atoms with van der Waals surface area (Å²) in [5, 5.41) is 6.73. The summed E-state index contributed by atoms with van der Waals surface area (Å²) < 4.78 is 16.7. The Bertz CT molecular complexity index is 823. The first kappa shape index (κ1) is 23.8. The van der Waals surface area contributed by atoms with Gasteiger partial charge in [-0.25, -0.2) is 9.98 Å². The number of aromatic nitrogens is 1. The molecule has 1 saturated heterocycles. The molecule has 1 aliphatic heterocycles. The van der Waals surface area contributed by atoms with Gasteiger partial charge in [0.2, 0.25) is 5.88 Å². The number of guanidine groups is 1. The fraction of sp³-hybridized carbons (Fsp3) is 0.500. The Hall–Kier alpha value is -2.84. The highest BCUT2D eigenvalue weighted by molar-refractivity contribution is 5.79. The number of ether oxygens (including phenoxy) is 3. The van der Waals surface area contributed by atoms with Crippen molar-refractivity contribution in [2.24, 2.45) is 4.99 Å². The second-order valence-electron chi connectivity index (χ2n) is 7.44. The number of aliphatic imine (C=N–C) groups is 1. The maximum Gasteiger partial charge on any atom is 0.219 e. The summed E-state index contributed by atoms with van der Waals surface area (Å²) in [5.74, 6) is 2.91. The zero-order valence-corrected chi connectivity index (χ0v) is 19.2. The van der Waals surface area contributed by atoms with Crippen molar-refractivity contribution in [3.63, 3.8) is 0 Å². The molecule has 32 heavy (non-hydrogen) atoms. The minimum atomic E-state index is 0.543. The fourth-order valence-corrected chi connectivity index (χ4v) is 3.34. The molecule has 0 saturated carbocycles. The molecule has 0 atom stereocenters. The first-order chi connectivity index (χ1) is 15.8. The van der Waals surface area contributed by atoms with Crippen molar-refractivity contribution < 1.29 is 14.2 Å². The van der Waals surface area contributed by atoms with Gasteiger partial charge in [-0.3, -0.25) is 4.90 Å². The molecule has 3 rings (SSSR count). The van der Waals surface area contributed by atoms with Gasteiger partial charge in [0.25, 0.3) is 0 Å². The normalized spacial score (nSPS) is 14.8. The Balaban J connectivity index is 1.48. The molecule has 0 unspecified atom stereocenters. The Morgan fingerprint density at radius 2 is 1.88 bits per heavy atom. The third kappa shape index (κ3) is 8.36. The van der Waals surface area contributed by atoms with Gasteiger partial charge >= 0.3 is 0 Å². The van der Waals surface area contributed by atoms with E-state index in [1.807, 2.05) is 43.3 Å². The molecule has 174 valence electrons. The molecule has 1 aliphatic rings. The lowest BCUT2D eigenvalue weighted by Gasteiger charge is -2.26. The summed E-state index contributed by atoms with van der Waals surface area (Å²) in [6.45, 7) is 11.7. The number of nitrogens with one attached hydrogen (secondary N) is 2. The fourth-order valence-electron chi connectivity index (χ4n) is 3.34. The molecule has 2 aromatic rings. The third-order valence-corrected chi connectivity index (χ3v) is 4.97. The molecular weight excluding hydrogens is 406 g/mol. The van der Waals surface area contributed by atoms with Crippen molar-refractivity contribution in [3.05, 3.63) is 48.2 Å². The van der Waals surface area contributed by atoms with Crippen LogP contribution in [-0.4, -0.2) is 68.4 Å². The molecule has 2 heterocycles. The highest BCUT2D eigenvalue weighted by atomic mass is 16.5. The van der Waals surface area contributed by atoms with Crippen LogP contribution < -0.4 is 20.1 Å². The molecule has 0 aliphatic carbocycles. The van der Waals surface area contributed by atoms with Gasteiger partial charge < -0.3 is 24.8 Å². The van der Waals surface area contributed by atoms with Crippen molar-refractivity contribution >= 4 is 5.96 Å². The number of rotatable bonds is 11. The van der Waals surface area contributed by atoms with E-state index in [1.165, 1.54) is 0 Å². The lowest BCUT2D eigenvalue weighted by Crippen LogP contribution is -2.40. The molecule has 8 heteroatoms. The van der Waals surface area contributed by atoms with Gasteiger partial charge in [0, 0.05) is 38.4 Å². The number of nitrogens with zero attached hydrogens (tertiary/aromatic N) is 3.